The maximum Gasteiger partial charge on any atom is 0.239 e. The van der Waals surface area contributed by atoms with Crippen LogP contribution in [0.1, 0.15) is 12.8 Å². The van der Waals surface area contributed by atoms with Gasteiger partial charge in [-0.25, -0.2) is 4.98 Å². The third-order valence-electron chi connectivity index (χ3n) is 4.95. The summed E-state index contributed by atoms with van der Waals surface area (Å²) in [5, 5.41) is 0.749. The number of ether oxygens (including phenoxy) is 2. The molecule has 0 N–H and O–H groups in total. The molecule has 1 aromatic heterocycles. The number of carbonyl (C=O) groups excluding carboxylic acids is 1. The first-order valence-corrected chi connectivity index (χ1v) is 12.8. The quantitative estimate of drug-likeness (QED) is 0.424. The van der Waals surface area contributed by atoms with Crippen molar-refractivity contribution in [3.05, 3.63) is 42.5 Å². The fraction of sp³-hybridized carbons (Fsp3) is 0.364. The van der Waals surface area contributed by atoms with Gasteiger partial charge in [-0.15, -0.1) is 23.5 Å². The second-order valence-electron chi connectivity index (χ2n) is 6.93. The minimum Gasteiger partial charge on any atom is -0.497 e. The van der Waals surface area contributed by atoms with Gasteiger partial charge in [0.05, 0.1) is 35.7 Å². The van der Waals surface area contributed by atoms with Gasteiger partial charge in [0.25, 0.3) is 0 Å². The number of thioether (sulfide) groups is 2. The van der Waals surface area contributed by atoms with Crippen molar-refractivity contribution >= 4 is 56.1 Å². The molecule has 1 saturated heterocycles. The number of thiazole rings is 1. The second kappa shape index (κ2) is 10.0. The predicted octanol–water partition coefficient (Wildman–Crippen LogP) is 5.33. The number of hydrogen-bond acceptors (Lipinski definition) is 7. The summed E-state index contributed by atoms with van der Waals surface area (Å²) >= 11 is 4.81. The first-order valence-electron chi connectivity index (χ1n) is 9.79. The molecular weight excluding hydrogens is 436 g/mol. The van der Waals surface area contributed by atoms with Crippen molar-refractivity contribution in [2.75, 3.05) is 37.2 Å². The van der Waals surface area contributed by atoms with E-state index in [1.165, 1.54) is 16.7 Å². The Morgan fingerprint density at radius 3 is 2.77 bits per heavy atom. The largest absolute Gasteiger partial charge is 0.497 e. The van der Waals surface area contributed by atoms with Crippen LogP contribution in [0.4, 0.5) is 5.13 Å². The van der Waals surface area contributed by atoms with Crippen LogP contribution in [-0.2, 0) is 9.53 Å². The summed E-state index contributed by atoms with van der Waals surface area (Å²) in [6.07, 6.45) is 4.17. The molecule has 8 heteroatoms. The SMILES string of the molecule is COc1ccc(SCC(=O)N(CC2CCCO2)c2nc3ccc(SC)cc3s2)cc1. The molecule has 1 amide bonds. The molecule has 1 aliphatic heterocycles. The van der Waals surface area contributed by atoms with E-state index in [4.69, 9.17) is 14.5 Å². The number of fused-ring (bicyclic) bond motifs is 1. The lowest BCUT2D eigenvalue weighted by Gasteiger charge is -2.23. The van der Waals surface area contributed by atoms with Gasteiger partial charge in [-0.2, -0.15) is 0 Å². The zero-order valence-electron chi connectivity index (χ0n) is 17.0. The Balaban J connectivity index is 1.53. The minimum atomic E-state index is 0.0514. The number of nitrogens with zero attached hydrogens (tertiary/aromatic N) is 2. The first-order chi connectivity index (χ1) is 14.7. The van der Waals surface area contributed by atoms with Crippen LogP contribution in [0.25, 0.3) is 10.2 Å². The average molecular weight is 461 g/mol. The number of amides is 1. The van der Waals surface area contributed by atoms with E-state index >= 15 is 0 Å². The highest BCUT2D eigenvalue weighted by molar-refractivity contribution is 8.00. The minimum absolute atomic E-state index is 0.0514. The molecule has 1 unspecified atom stereocenters. The smallest absolute Gasteiger partial charge is 0.239 e. The maximum absolute atomic E-state index is 13.2. The molecule has 4 rings (SSSR count). The van der Waals surface area contributed by atoms with Crippen molar-refractivity contribution in [2.24, 2.45) is 0 Å². The lowest BCUT2D eigenvalue weighted by atomic mass is 10.2. The van der Waals surface area contributed by atoms with Gasteiger partial charge in [0.15, 0.2) is 5.13 Å². The summed E-state index contributed by atoms with van der Waals surface area (Å²) in [6, 6.07) is 14.0. The van der Waals surface area contributed by atoms with Gasteiger partial charge in [-0.1, -0.05) is 11.3 Å². The third-order valence-corrected chi connectivity index (χ3v) is 7.71. The fourth-order valence-corrected chi connectivity index (χ4v) is 5.63. The molecule has 30 heavy (non-hydrogen) atoms. The third kappa shape index (κ3) is 5.11. The monoisotopic (exact) mass is 460 g/mol. The van der Waals surface area contributed by atoms with Gasteiger partial charge in [0, 0.05) is 16.4 Å². The molecule has 0 bridgehead atoms. The van der Waals surface area contributed by atoms with Crippen LogP contribution in [-0.4, -0.2) is 49.3 Å². The molecule has 2 aromatic carbocycles. The van der Waals surface area contributed by atoms with E-state index in [9.17, 15) is 4.79 Å². The second-order valence-corrected chi connectivity index (χ2v) is 9.87. The molecule has 158 valence electrons. The van der Waals surface area contributed by atoms with E-state index in [1.807, 2.05) is 35.2 Å². The molecule has 0 aliphatic carbocycles. The van der Waals surface area contributed by atoms with Crippen LogP contribution < -0.4 is 9.64 Å². The fourth-order valence-electron chi connectivity index (χ4n) is 3.31. The van der Waals surface area contributed by atoms with Crippen LogP contribution >= 0.6 is 34.9 Å². The van der Waals surface area contributed by atoms with Crippen molar-refractivity contribution in [2.45, 2.75) is 28.7 Å². The van der Waals surface area contributed by atoms with E-state index in [1.54, 1.807) is 30.2 Å². The molecule has 3 aromatic rings. The van der Waals surface area contributed by atoms with Crippen molar-refractivity contribution in [3.8, 4) is 5.75 Å². The Kier molecular flexibility index (Phi) is 7.20. The number of rotatable bonds is 8. The zero-order valence-corrected chi connectivity index (χ0v) is 19.4. The Morgan fingerprint density at radius 1 is 1.27 bits per heavy atom. The predicted molar refractivity (Wildman–Crippen MR) is 126 cm³/mol. The van der Waals surface area contributed by atoms with Gasteiger partial charge in [0.2, 0.25) is 5.91 Å². The standard InChI is InChI=1S/C22H24N2O3S3/c1-26-15-5-7-17(8-6-15)29-14-21(25)24(13-16-4-3-11-27-16)22-23-19-10-9-18(28-2)12-20(19)30-22/h5-10,12,16H,3-4,11,13-14H2,1-2H3. The van der Waals surface area contributed by atoms with E-state index in [-0.39, 0.29) is 12.0 Å². The summed E-state index contributed by atoms with van der Waals surface area (Å²) in [5.41, 5.74) is 0.931. The van der Waals surface area contributed by atoms with Crippen molar-refractivity contribution < 1.29 is 14.3 Å². The Morgan fingerprint density at radius 2 is 2.07 bits per heavy atom. The summed E-state index contributed by atoms with van der Waals surface area (Å²) in [7, 11) is 1.65. The van der Waals surface area contributed by atoms with E-state index in [0.29, 0.717) is 12.3 Å². The topological polar surface area (TPSA) is 51.7 Å². The number of methoxy groups -OCH3 is 1. The zero-order chi connectivity index (χ0) is 20.9. The van der Waals surface area contributed by atoms with E-state index < -0.39 is 0 Å². The van der Waals surface area contributed by atoms with Gasteiger partial charge >= 0.3 is 0 Å². The van der Waals surface area contributed by atoms with Gasteiger partial charge in [-0.3, -0.25) is 9.69 Å². The summed E-state index contributed by atoms with van der Waals surface area (Å²) in [4.78, 5) is 22.0. The molecule has 2 heterocycles. The summed E-state index contributed by atoms with van der Waals surface area (Å²) in [5.74, 6) is 1.21. The summed E-state index contributed by atoms with van der Waals surface area (Å²) in [6.45, 7) is 1.32. The van der Waals surface area contributed by atoms with Crippen LogP contribution in [0.2, 0.25) is 0 Å². The Hall–Kier alpha value is -1.74. The maximum atomic E-state index is 13.2. The van der Waals surface area contributed by atoms with Gasteiger partial charge in [-0.05, 0) is 61.6 Å². The van der Waals surface area contributed by atoms with Gasteiger partial charge in [0.1, 0.15) is 5.75 Å². The van der Waals surface area contributed by atoms with Crippen LogP contribution in [0, 0.1) is 0 Å². The highest BCUT2D eigenvalue weighted by Gasteiger charge is 2.26. The molecule has 0 saturated carbocycles. The Labute approximate surface area is 189 Å². The van der Waals surface area contributed by atoms with E-state index in [2.05, 4.69) is 18.4 Å². The molecule has 1 fully saturated rings. The molecule has 5 nitrogen and oxygen atoms in total. The highest BCUT2D eigenvalue weighted by Crippen LogP contribution is 2.33. The van der Waals surface area contributed by atoms with Crippen molar-refractivity contribution in [3.63, 3.8) is 0 Å². The lowest BCUT2D eigenvalue weighted by molar-refractivity contribution is -0.116. The number of anilines is 1. The lowest BCUT2D eigenvalue weighted by Crippen LogP contribution is -2.38. The van der Waals surface area contributed by atoms with Crippen LogP contribution in [0.15, 0.2) is 52.3 Å². The van der Waals surface area contributed by atoms with Crippen LogP contribution in [0.5, 0.6) is 5.75 Å². The molecular formula is C22H24N2O3S3. The van der Waals surface area contributed by atoms with E-state index in [0.717, 1.165) is 45.4 Å². The Bertz CT molecular complexity index is 1000. The summed E-state index contributed by atoms with van der Waals surface area (Å²) < 4.78 is 12.1. The van der Waals surface area contributed by atoms with Crippen molar-refractivity contribution in [1.29, 1.82) is 0 Å². The molecule has 1 aliphatic rings. The number of hydrogen-bond donors (Lipinski definition) is 0. The molecule has 0 spiro atoms. The van der Waals surface area contributed by atoms with Gasteiger partial charge < -0.3 is 9.47 Å². The normalized spacial score (nSPS) is 16.1. The molecule has 1 atom stereocenters. The number of aromatic nitrogens is 1. The number of carbonyl (C=O) groups is 1. The average Bonchev–Trinajstić information content (AvgIpc) is 3.45. The van der Waals surface area contributed by atoms with Crippen LogP contribution in [0.3, 0.4) is 0 Å². The number of benzene rings is 2. The first kappa shape index (κ1) is 21.5. The highest BCUT2D eigenvalue weighted by atomic mass is 32.2. The molecule has 0 radical (unpaired) electrons. The van der Waals surface area contributed by atoms with Crippen molar-refractivity contribution in [1.82, 2.24) is 4.98 Å².